The van der Waals surface area contributed by atoms with Gasteiger partial charge in [-0.25, -0.2) is 4.39 Å². The molecule has 0 saturated heterocycles. The molecule has 0 aliphatic carbocycles. The normalized spacial score (nSPS) is 10.0. The molecule has 1 rings (SSSR count). The fourth-order valence-corrected chi connectivity index (χ4v) is 1.16. The molecular weight excluding hydrogens is 183 g/mol. The molecule has 1 aromatic rings. The average Bonchev–Trinajstić information content (AvgIpc) is 2.12. The van der Waals surface area contributed by atoms with E-state index in [1.807, 2.05) is 6.92 Å². The van der Waals surface area contributed by atoms with Crippen LogP contribution < -0.4 is 4.74 Å². The van der Waals surface area contributed by atoms with Crippen molar-refractivity contribution in [2.45, 2.75) is 20.8 Å². The minimum Gasteiger partial charge on any atom is -0.493 e. The van der Waals surface area contributed by atoms with Crippen LogP contribution in [0, 0.1) is 12.7 Å². The van der Waals surface area contributed by atoms with Gasteiger partial charge in [0.15, 0.2) is 5.78 Å². The summed E-state index contributed by atoms with van der Waals surface area (Å²) in [7, 11) is 0. The molecular formula is C11H13FO2. The fourth-order valence-electron chi connectivity index (χ4n) is 1.16. The maximum absolute atomic E-state index is 13.3. The van der Waals surface area contributed by atoms with E-state index in [4.69, 9.17) is 4.74 Å². The number of carbonyl (C=O) groups is 1. The summed E-state index contributed by atoms with van der Waals surface area (Å²) in [6.45, 7) is 5.31. The number of Topliss-reactive ketones (excluding diaryl/α,β-unsaturated/α-hetero) is 1. The molecule has 0 aliphatic rings. The summed E-state index contributed by atoms with van der Waals surface area (Å²) < 4.78 is 18.5. The van der Waals surface area contributed by atoms with Crippen molar-refractivity contribution in [3.05, 3.63) is 29.1 Å². The number of ether oxygens (including phenoxy) is 1. The Bertz CT molecular complexity index is 359. The van der Waals surface area contributed by atoms with Crippen LogP contribution in [0.5, 0.6) is 5.75 Å². The molecule has 0 atom stereocenters. The lowest BCUT2D eigenvalue weighted by atomic mass is 10.1. The molecule has 0 aromatic heterocycles. The number of hydrogen-bond donors (Lipinski definition) is 0. The van der Waals surface area contributed by atoms with Gasteiger partial charge in [0.05, 0.1) is 6.61 Å². The van der Waals surface area contributed by atoms with Gasteiger partial charge in [-0.2, -0.15) is 0 Å². The molecule has 0 unspecified atom stereocenters. The molecule has 0 aliphatic heterocycles. The lowest BCUT2D eigenvalue weighted by Gasteiger charge is -2.09. The van der Waals surface area contributed by atoms with Gasteiger partial charge >= 0.3 is 0 Å². The molecule has 0 fully saturated rings. The van der Waals surface area contributed by atoms with Crippen LogP contribution in [0.1, 0.15) is 29.8 Å². The second-order valence-electron chi connectivity index (χ2n) is 3.07. The van der Waals surface area contributed by atoms with Gasteiger partial charge in [0.2, 0.25) is 0 Å². The molecule has 0 radical (unpaired) electrons. The zero-order chi connectivity index (χ0) is 10.7. The van der Waals surface area contributed by atoms with Gasteiger partial charge in [-0.05, 0) is 32.9 Å². The highest BCUT2D eigenvalue weighted by Gasteiger charge is 2.10. The summed E-state index contributed by atoms with van der Waals surface area (Å²) in [5.41, 5.74) is 0.786. The first kappa shape index (κ1) is 10.7. The summed E-state index contributed by atoms with van der Waals surface area (Å²) in [4.78, 5) is 11.0. The van der Waals surface area contributed by atoms with E-state index in [0.29, 0.717) is 23.5 Å². The average molecular weight is 196 g/mol. The van der Waals surface area contributed by atoms with E-state index in [1.165, 1.54) is 13.0 Å². The van der Waals surface area contributed by atoms with Crippen LogP contribution in [0.4, 0.5) is 4.39 Å². The molecule has 1 aromatic carbocycles. The van der Waals surface area contributed by atoms with Gasteiger partial charge < -0.3 is 4.74 Å². The van der Waals surface area contributed by atoms with Crippen molar-refractivity contribution in [1.29, 1.82) is 0 Å². The third-order valence-electron chi connectivity index (χ3n) is 2.00. The standard InChI is InChI=1S/C11H13FO2/c1-4-14-11-6-9(8(3)13)5-10(12)7(11)2/h5-6H,4H2,1-3H3. The lowest BCUT2D eigenvalue weighted by Crippen LogP contribution is -2.00. The number of ketones is 1. The molecule has 0 spiro atoms. The van der Waals surface area contributed by atoms with Crippen LogP contribution in [0.3, 0.4) is 0 Å². The molecule has 3 heteroatoms. The zero-order valence-electron chi connectivity index (χ0n) is 8.56. The Balaban J connectivity index is 3.20. The highest BCUT2D eigenvalue weighted by atomic mass is 19.1. The molecule has 0 saturated carbocycles. The van der Waals surface area contributed by atoms with E-state index in [-0.39, 0.29) is 5.78 Å². The molecule has 0 N–H and O–H groups in total. The molecule has 14 heavy (non-hydrogen) atoms. The van der Waals surface area contributed by atoms with Gasteiger partial charge in [0.1, 0.15) is 11.6 Å². The predicted molar refractivity (Wildman–Crippen MR) is 52.3 cm³/mol. The summed E-state index contributed by atoms with van der Waals surface area (Å²) >= 11 is 0. The van der Waals surface area contributed by atoms with E-state index in [9.17, 15) is 9.18 Å². The summed E-state index contributed by atoms with van der Waals surface area (Å²) in [6.07, 6.45) is 0. The van der Waals surface area contributed by atoms with Crippen LogP contribution in [-0.2, 0) is 0 Å². The Morgan fingerprint density at radius 2 is 2.14 bits per heavy atom. The van der Waals surface area contributed by atoms with Crippen molar-refractivity contribution in [3.63, 3.8) is 0 Å². The number of halogens is 1. The minimum atomic E-state index is -0.402. The van der Waals surface area contributed by atoms with E-state index in [2.05, 4.69) is 0 Å². The van der Waals surface area contributed by atoms with Crippen molar-refractivity contribution in [2.24, 2.45) is 0 Å². The molecule has 0 bridgehead atoms. The van der Waals surface area contributed by atoms with Crippen LogP contribution >= 0.6 is 0 Å². The van der Waals surface area contributed by atoms with Gasteiger partial charge in [-0.1, -0.05) is 0 Å². The predicted octanol–water partition coefficient (Wildman–Crippen LogP) is 2.74. The Morgan fingerprint density at radius 3 is 2.64 bits per heavy atom. The monoisotopic (exact) mass is 196 g/mol. The highest BCUT2D eigenvalue weighted by Crippen LogP contribution is 2.23. The number of hydrogen-bond acceptors (Lipinski definition) is 2. The lowest BCUT2D eigenvalue weighted by molar-refractivity contribution is 0.101. The summed E-state index contributed by atoms with van der Waals surface area (Å²) in [6, 6.07) is 2.81. The van der Waals surface area contributed by atoms with E-state index in [1.54, 1.807) is 13.0 Å². The summed E-state index contributed by atoms with van der Waals surface area (Å²) in [5.74, 6) is -0.122. The Kier molecular flexibility index (Phi) is 3.23. The molecule has 76 valence electrons. The SMILES string of the molecule is CCOc1cc(C(C)=O)cc(F)c1C. The smallest absolute Gasteiger partial charge is 0.160 e. The third-order valence-corrected chi connectivity index (χ3v) is 2.00. The van der Waals surface area contributed by atoms with E-state index < -0.39 is 5.82 Å². The molecule has 0 amide bonds. The van der Waals surface area contributed by atoms with Crippen LogP contribution in [0.25, 0.3) is 0 Å². The van der Waals surface area contributed by atoms with Crippen molar-refractivity contribution in [1.82, 2.24) is 0 Å². The van der Waals surface area contributed by atoms with Crippen molar-refractivity contribution in [2.75, 3.05) is 6.61 Å². The van der Waals surface area contributed by atoms with Crippen LogP contribution in [-0.4, -0.2) is 12.4 Å². The van der Waals surface area contributed by atoms with Gasteiger partial charge in [0, 0.05) is 11.1 Å². The molecule has 0 heterocycles. The van der Waals surface area contributed by atoms with Crippen molar-refractivity contribution in [3.8, 4) is 5.75 Å². The quantitative estimate of drug-likeness (QED) is 0.695. The first-order valence-electron chi connectivity index (χ1n) is 4.50. The topological polar surface area (TPSA) is 26.3 Å². The third kappa shape index (κ3) is 2.10. The first-order valence-corrected chi connectivity index (χ1v) is 4.50. The minimum absolute atomic E-state index is 0.162. The van der Waals surface area contributed by atoms with E-state index in [0.717, 1.165) is 0 Å². The van der Waals surface area contributed by atoms with Gasteiger partial charge in [0.25, 0.3) is 0 Å². The summed E-state index contributed by atoms with van der Waals surface area (Å²) in [5, 5.41) is 0. The van der Waals surface area contributed by atoms with Crippen LogP contribution in [0.15, 0.2) is 12.1 Å². The van der Waals surface area contributed by atoms with Crippen molar-refractivity contribution >= 4 is 5.78 Å². The fraction of sp³-hybridized carbons (Fsp3) is 0.364. The molecule has 2 nitrogen and oxygen atoms in total. The Hall–Kier alpha value is -1.38. The van der Waals surface area contributed by atoms with E-state index >= 15 is 0 Å². The Morgan fingerprint density at radius 1 is 1.50 bits per heavy atom. The number of benzene rings is 1. The van der Waals surface area contributed by atoms with Crippen LogP contribution in [0.2, 0.25) is 0 Å². The zero-order valence-corrected chi connectivity index (χ0v) is 8.56. The Labute approximate surface area is 82.7 Å². The van der Waals surface area contributed by atoms with Gasteiger partial charge in [-0.3, -0.25) is 4.79 Å². The van der Waals surface area contributed by atoms with Crippen molar-refractivity contribution < 1.29 is 13.9 Å². The second-order valence-corrected chi connectivity index (χ2v) is 3.07. The maximum atomic E-state index is 13.3. The number of carbonyl (C=O) groups excluding carboxylic acids is 1. The first-order chi connectivity index (χ1) is 6.56. The highest BCUT2D eigenvalue weighted by molar-refractivity contribution is 5.94. The largest absolute Gasteiger partial charge is 0.493 e. The maximum Gasteiger partial charge on any atom is 0.160 e. The number of rotatable bonds is 3. The second kappa shape index (κ2) is 4.22. The van der Waals surface area contributed by atoms with Gasteiger partial charge in [-0.15, -0.1) is 0 Å².